The van der Waals surface area contributed by atoms with Crippen molar-refractivity contribution in [3.63, 3.8) is 0 Å². The van der Waals surface area contributed by atoms with Crippen LogP contribution in [0, 0.1) is 0 Å². The van der Waals surface area contributed by atoms with Crippen molar-refractivity contribution in [2.75, 3.05) is 5.32 Å². The van der Waals surface area contributed by atoms with Crippen LogP contribution in [0.25, 0.3) is 22.4 Å². The number of nitrogens with zero attached hydrogens (tertiary/aromatic N) is 2. The lowest BCUT2D eigenvalue weighted by atomic mass is 9.99. The predicted octanol–water partition coefficient (Wildman–Crippen LogP) is 4.25. The number of benzene rings is 3. The van der Waals surface area contributed by atoms with Crippen molar-refractivity contribution in [2.24, 2.45) is 15.9 Å². The van der Waals surface area contributed by atoms with Gasteiger partial charge in [-0.05, 0) is 53.9 Å². The zero-order chi connectivity index (χ0) is 27.8. The molecule has 0 unspecified atom stereocenters. The summed E-state index contributed by atoms with van der Waals surface area (Å²) in [5.41, 5.74) is 16.1. The molecule has 3 aromatic carbocycles. The summed E-state index contributed by atoms with van der Waals surface area (Å²) in [6, 6.07) is 30.2. The molecular formula is C30H32N5O3S+. The Hall–Kier alpha value is -4.50. The zero-order valence-corrected chi connectivity index (χ0v) is 22.6. The third-order valence-electron chi connectivity index (χ3n) is 6.18. The van der Waals surface area contributed by atoms with E-state index in [1.807, 2.05) is 48.5 Å². The number of aryl methyl sites for hydroxylation is 1. The van der Waals surface area contributed by atoms with Gasteiger partial charge in [-0.25, -0.2) is 0 Å². The van der Waals surface area contributed by atoms with Crippen molar-refractivity contribution in [3.8, 4) is 22.4 Å². The molecule has 0 aliphatic carbocycles. The van der Waals surface area contributed by atoms with Gasteiger partial charge in [-0.2, -0.15) is 13.0 Å². The number of aromatic nitrogens is 1. The normalized spacial score (nSPS) is 11.1. The lowest BCUT2D eigenvalue weighted by molar-refractivity contribution is -0.680. The molecule has 0 aliphatic heterocycles. The Balaban J connectivity index is 1.68. The highest BCUT2D eigenvalue weighted by atomic mass is 32.2. The zero-order valence-electron chi connectivity index (χ0n) is 21.7. The van der Waals surface area contributed by atoms with Crippen LogP contribution in [0.15, 0.2) is 106 Å². The van der Waals surface area contributed by atoms with Gasteiger partial charge in [0.25, 0.3) is 15.9 Å². The molecule has 0 saturated carbocycles. The van der Waals surface area contributed by atoms with E-state index in [0.717, 1.165) is 47.3 Å². The van der Waals surface area contributed by atoms with Crippen LogP contribution in [0.3, 0.4) is 0 Å². The van der Waals surface area contributed by atoms with Crippen LogP contribution in [0.2, 0.25) is 0 Å². The van der Waals surface area contributed by atoms with Gasteiger partial charge in [0.2, 0.25) is 18.2 Å². The minimum Gasteiger partial charge on any atom is -0.369 e. The fraction of sp³-hybridized carbons (Fsp3) is 0.167. The smallest absolute Gasteiger partial charge is 0.290 e. The van der Waals surface area contributed by atoms with Gasteiger partial charge >= 0.3 is 0 Å². The molecule has 1 amide bonds. The summed E-state index contributed by atoms with van der Waals surface area (Å²) in [6.07, 6.45) is 2.83. The van der Waals surface area contributed by atoms with Crippen LogP contribution in [0.5, 0.6) is 0 Å². The van der Waals surface area contributed by atoms with Crippen molar-refractivity contribution in [2.45, 2.75) is 37.6 Å². The monoisotopic (exact) mass is 542 g/mol. The molecule has 5 N–H and O–H groups in total. The molecule has 1 heterocycles. The molecule has 1 aromatic heterocycles. The number of hydrogen-bond donors (Lipinski definition) is 3. The van der Waals surface area contributed by atoms with Gasteiger partial charge in [-0.15, -0.1) is 4.40 Å². The van der Waals surface area contributed by atoms with Crippen LogP contribution in [0.4, 0.5) is 5.69 Å². The third-order valence-corrected chi connectivity index (χ3v) is 7.50. The summed E-state index contributed by atoms with van der Waals surface area (Å²) in [5.74, 6) is -0.780. The van der Waals surface area contributed by atoms with Gasteiger partial charge in [0.1, 0.15) is 0 Å². The maximum absolute atomic E-state index is 13.3. The average molecular weight is 543 g/mol. The number of nitrogens with one attached hydrogen (secondary N) is 1. The number of pyridine rings is 1. The molecule has 4 aromatic rings. The molecule has 39 heavy (non-hydrogen) atoms. The van der Waals surface area contributed by atoms with Crippen molar-refractivity contribution < 1.29 is 17.8 Å². The Kier molecular flexibility index (Phi) is 8.73. The van der Waals surface area contributed by atoms with Crippen LogP contribution < -0.4 is 21.4 Å². The second-order valence-electron chi connectivity index (χ2n) is 9.11. The maximum Gasteiger partial charge on any atom is 0.290 e. The number of anilines is 1. The summed E-state index contributed by atoms with van der Waals surface area (Å²) in [4.78, 5) is 13.2. The number of rotatable bonds is 10. The van der Waals surface area contributed by atoms with Crippen LogP contribution in [0.1, 0.15) is 25.5 Å². The number of unbranched alkanes of at least 4 members (excludes halogenated alkanes) is 1. The lowest BCUT2D eigenvalue weighted by Gasteiger charge is -2.13. The minimum atomic E-state index is -4.01. The molecule has 0 fully saturated rings. The quantitative estimate of drug-likeness (QED) is 0.157. The minimum absolute atomic E-state index is 0.0759. The van der Waals surface area contributed by atoms with E-state index in [1.165, 1.54) is 24.3 Å². The van der Waals surface area contributed by atoms with Gasteiger partial charge in [0.05, 0.1) is 4.90 Å². The third kappa shape index (κ3) is 7.08. The maximum atomic E-state index is 13.3. The Morgan fingerprint density at radius 3 is 2.05 bits per heavy atom. The number of carbonyl (C=O) groups excluding carboxylic acids is 1. The van der Waals surface area contributed by atoms with E-state index in [2.05, 4.69) is 45.5 Å². The molecule has 0 atom stereocenters. The van der Waals surface area contributed by atoms with E-state index >= 15 is 0 Å². The van der Waals surface area contributed by atoms with E-state index in [9.17, 15) is 13.2 Å². The van der Waals surface area contributed by atoms with Crippen molar-refractivity contribution in [1.82, 2.24) is 0 Å². The van der Waals surface area contributed by atoms with E-state index in [1.54, 1.807) is 0 Å². The Morgan fingerprint density at radius 1 is 0.846 bits per heavy atom. The Bertz CT molecular complexity index is 1570. The summed E-state index contributed by atoms with van der Waals surface area (Å²) < 4.78 is 29.8. The van der Waals surface area contributed by atoms with E-state index in [0.29, 0.717) is 5.69 Å². The summed E-state index contributed by atoms with van der Waals surface area (Å²) in [6.45, 7) is 2.24. The molecule has 0 bridgehead atoms. The lowest BCUT2D eigenvalue weighted by Crippen LogP contribution is -2.46. The highest BCUT2D eigenvalue weighted by molar-refractivity contribution is 7.90. The van der Waals surface area contributed by atoms with Gasteiger partial charge in [0, 0.05) is 29.8 Å². The van der Waals surface area contributed by atoms with E-state index in [4.69, 9.17) is 11.5 Å². The number of hydrogen-bond acceptors (Lipinski definition) is 3. The number of sulfonamides is 1. The molecule has 9 heteroatoms. The highest BCUT2D eigenvalue weighted by Crippen LogP contribution is 2.26. The molecule has 8 nitrogen and oxygen atoms in total. The van der Waals surface area contributed by atoms with Crippen LogP contribution >= 0.6 is 0 Å². The van der Waals surface area contributed by atoms with Crippen LogP contribution in [-0.2, 0) is 27.8 Å². The van der Waals surface area contributed by atoms with Crippen LogP contribution in [-0.4, -0.2) is 20.3 Å². The summed E-state index contributed by atoms with van der Waals surface area (Å²) >= 11 is 0. The molecule has 0 radical (unpaired) electrons. The standard InChI is InChI=1S/C30H31N5O3S/c1-2-3-14-26-19-24(22-10-6-4-7-11-22)20-28(23-12-8-5-9-13-23)35(26)21-29(36)33-25-15-17-27(18-16-25)39(37,38)34-30(31)32/h4-13,15-20H,2-3,14,21H2,1H3,(H4-,31,32,33,34,36)/p+1. The summed E-state index contributed by atoms with van der Waals surface area (Å²) in [7, 11) is -4.01. The second-order valence-corrected chi connectivity index (χ2v) is 10.7. The molecule has 4 rings (SSSR count). The first kappa shape index (κ1) is 27.5. The number of carbonyl (C=O) groups is 1. The topological polar surface area (TPSA) is 132 Å². The van der Waals surface area contributed by atoms with Crippen molar-refractivity contribution in [1.29, 1.82) is 0 Å². The molecule has 0 aliphatic rings. The average Bonchev–Trinajstić information content (AvgIpc) is 2.93. The second kappa shape index (κ2) is 12.4. The fourth-order valence-corrected chi connectivity index (χ4v) is 5.18. The Labute approximate surface area is 229 Å². The first-order chi connectivity index (χ1) is 18.8. The van der Waals surface area contributed by atoms with Gasteiger partial charge in [-0.1, -0.05) is 61.9 Å². The SMILES string of the molecule is CCCCc1cc(-c2ccccc2)cc(-c2ccccc2)[n+]1CC(=O)Nc1ccc(S(=O)(=O)N=C(N)N)cc1. The first-order valence-electron chi connectivity index (χ1n) is 12.7. The van der Waals surface area contributed by atoms with E-state index < -0.39 is 16.0 Å². The molecular weight excluding hydrogens is 510 g/mol. The summed E-state index contributed by atoms with van der Waals surface area (Å²) in [5, 5.41) is 2.88. The molecule has 0 spiro atoms. The van der Waals surface area contributed by atoms with Crippen molar-refractivity contribution in [3.05, 3.63) is 103 Å². The van der Waals surface area contributed by atoms with E-state index in [-0.39, 0.29) is 17.3 Å². The predicted molar refractivity (Wildman–Crippen MR) is 154 cm³/mol. The number of guanidine groups is 1. The number of nitrogens with two attached hydrogens (primary N) is 2. The largest absolute Gasteiger partial charge is 0.369 e. The highest BCUT2D eigenvalue weighted by Gasteiger charge is 2.24. The van der Waals surface area contributed by atoms with Crippen molar-refractivity contribution >= 4 is 27.6 Å². The first-order valence-corrected chi connectivity index (χ1v) is 14.1. The fourth-order valence-electron chi connectivity index (χ4n) is 4.32. The Morgan fingerprint density at radius 2 is 1.46 bits per heavy atom. The van der Waals surface area contributed by atoms with Gasteiger partial charge < -0.3 is 16.8 Å². The molecule has 200 valence electrons. The van der Waals surface area contributed by atoms with Gasteiger partial charge in [0.15, 0.2) is 5.69 Å². The molecule has 0 saturated heterocycles. The number of amides is 1. The van der Waals surface area contributed by atoms with Gasteiger partial charge in [-0.3, -0.25) is 4.79 Å².